The van der Waals surface area contributed by atoms with Gasteiger partial charge in [-0.25, -0.2) is 18.2 Å². The molecule has 1 aromatic carbocycles. The van der Waals surface area contributed by atoms with Gasteiger partial charge in [0.2, 0.25) is 5.91 Å². The number of carbonyl (C=O) groups excluding carboxylic acids is 2. The number of sulfonamides is 1. The number of carbonyl (C=O) groups is 2. The summed E-state index contributed by atoms with van der Waals surface area (Å²) in [5.74, 6) is 0.424. The van der Waals surface area contributed by atoms with E-state index in [1.807, 2.05) is 0 Å². The molecule has 0 fully saturated rings. The summed E-state index contributed by atoms with van der Waals surface area (Å²) in [5.41, 5.74) is 0.752. The predicted octanol–water partition coefficient (Wildman–Crippen LogP) is 3.02. The van der Waals surface area contributed by atoms with Gasteiger partial charge in [-0.15, -0.1) is 0 Å². The van der Waals surface area contributed by atoms with Crippen molar-refractivity contribution in [1.29, 1.82) is 0 Å². The lowest BCUT2D eigenvalue weighted by molar-refractivity contribution is -0.118. The van der Waals surface area contributed by atoms with Crippen LogP contribution in [0.5, 0.6) is 5.75 Å². The smallest absolute Gasteiger partial charge is 0.412 e. The quantitative estimate of drug-likeness (QED) is 0.562. The van der Waals surface area contributed by atoms with Gasteiger partial charge in [0.05, 0.1) is 12.2 Å². The molecule has 0 bridgehead atoms. The van der Waals surface area contributed by atoms with E-state index in [-0.39, 0.29) is 24.0 Å². The van der Waals surface area contributed by atoms with Gasteiger partial charge in [0, 0.05) is 38.2 Å². The van der Waals surface area contributed by atoms with Crippen LogP contribution in [0.4, 0.5) is 16.2 Å². The van der Waals surface area contributed by atoms with Crippen LogP contribution in [0.2, 0.25) is 0 Å². The molecule has 0 saturated carbocycles. The number of anilines is 2. The summed E-state index contributed by atoms with van der Waals surface area (Å²) in [7, 11) is -2.26. The van der Waals surface area contributed by atoms with Gasteiger partial charge in [-0.05, 0) is 51.1 Å². The number of hydrogen-bond acceptors (Lipinski definition) is 7. The van der Waals surface area contributed by atoms with Crippen LogP contribution in [0.1, 0.15) is 27.7 Å². The van der Waals surface area contributed by atoms with Crippen molar-refractivity contribution >= 4 is 39.0 Å². The molecule has 1 aliphatic rings. The minimum atomic E-state index is -3.86. The first kappa shape index (κ1) is 25.8. The van der Waals surface area contributed by atoms with Gasteiger partial charge in [-0.1, -0.05) is 0 Å². The topological polar surface area (TPSA) is 131 Å². The molecule has 2 N–H and O–H groups in total. The van der Waals surface area contributed by atoms with Crippen LogP contribution in [0.15, 0.2) is 53.8 Å². The molecule has 0 spiro atoms. The van der Waals surface area contributed by atoms with Crippen molar-refractivity contribution in [3.63, 3.8) is 0 Å². The Morgan fingerprint density at radius 1 is 1.17 bits per heavy atom. The summed E-state index contributed by atoms with van der Waals surface area (Å²) >= 11 is 0. The van der Waals surface area contributed by atoms with Crippen LogP contribution in [-0.2, 0) is 19.6 Å². The van der Waals surface area contributed by atoms with Crippen molar-refractivity contribution in [2.45, 2.75) is 38.2 Å². The highest BCUT2D eigenvalue weighted by Gasteiger charge is 2.31. The molecule has 3 aromatic rings. The lowest BCUT2D eigenvalue weighted by Gasteiger charge is -2.31. The highest BCUT2D eigenvalue weighted by molar-refractivity contribution is 7.92. The van der Waals surface area contributed by atoms with Crippen molar-refractivity contribution in [3.05, 3.63) is 48.9 Å². The molecule has 188 valence electrons. The summed E-state index contributed by atoms with van der Waals surface area (Å²) in [6.45, 7) is 7.13. The number of hydrogen-bond donors (Lipinski definition) is 2. The zero-order valence-corrected chi connectivity index (χ0v) is 21.0. The average Bonchev–Trinajstić information content (AvgIpc) is 3.25. The SMILES string of the molecule is CC(C)(C)OC(=O)Nc1ccc2c(c1)N(S(=O)(=O)c1ccc3nccn3c1)CCO2.CNC(C)=O. The van der Waals surface area contributed by atoms with Crippen LogP contribution in [0, 0.1) is 0 Å². The molecule has 11 nitrogen and oxygen atoms in total. The monoisotopic (exact) mass is 503 g/mol. The summed E-state index contributed by atoms with van der Waals surface area (Å²) in [5, 5.41) is 5.02. The molecule has 0 unspecified atom stereocenters. The molecule has 2 amide bonds. The van der Waals surface area contributed by atoms with Crippen molar-refractivity contribution in [3.8, 4) is 5.75 Å². The maximum atomic E-state index is 13.4. The molecule has 0 atom stereocenters. The van der Waals surface area contributed by atoms with Gasteiger partial charge < -0.3 is 19.2 Å². The summed E-state index contributed by atoms with van der Waals surface area (Å²) in [6.07, 6.45) is 4.18. The second-order valence-corrected chi connectivity index (χ2v) is 10.5. The van der Waals surface area contributed by atoms with Crippen LogP contribution in [0.3, 0.4) is 0 Å². The number of amides is 2. The molecule has 35 heavy (non-hydrogen) atoms. The normalized spacial score (nSPS) is 13.1. The van der Waals surface area contributed by atoms with E-state index in [0.29, 0.717) is 22.8 Å². The Morgan fingerprint density at radius 2 is 1.89 bits per heavy atom. The zero-order chi connectivity index (χ0) is 25.8. The third kappa shape index (κ3) is 6.41. The van der Waals surface area contributed by atoms with Gasteiger partial charge in [0.15, 0.2) is 0 Å². The molecule has 3 heterocycles. The summed E-state index contributed by atoms with van der Waals surface area (Å²) < 4.78 is 40.5. The minimum absolute atomic E-state index is 0.00463. The van der Waals surface area contributed by atoms with Crippen molar-refractivity contribution in [2.24, 2.45) is 0 Å². The van der Waals surface area contributed by atoms with E-state index in [4.69, 9.17) is 9.47 Å². The van der Waals surface area contributed by atoms with E-state index in [0.717, 1.165) is 0 Å². The van der Waals surface area contributed by atoms with Gasteiger partial charge in [-0.2, -0.15) is 0 Å². The highest BCUT2D eigenvalue weighted by Crippen LogP contribution is 2.37. The molecular formula is C23H29N5O6S. The predicted molar refractivity (Wildman–Crippen MR) is 131 cm³/mol. The third-order valence-corrected chi connectivity index (χ3v) is 6.52. The first-order valence-corrected chi connectivity index (χ1v) is 12.3. The van der Waals surface area contributed by atoms with E-state index in [1.54, 1.807) is 68.9 Å². The molecule has 2 aromatic heterocycles. The number of aromatic nitrogens is 2. The number of imidazole rings is 1. The highest BCUT2D eigenvalue weighted by atomic mass is 32.2. The van der Waals surface area contributed by atoms with E-state index >= 15 is 0 Å². The first-order valence-electron chi connectivity index (χ1n) is 10.8. The molecule has 0 saturated heterocycles. The van der Waals surface area contributed by atoms with Crippen molar-refractivity contribution in [2.75, 3.05) is 29.8 Å². The number of benzene rings is 1. The van der Waals surface area contributed by atoms with E-state index in [1.165, 1.54) is 23.5 Å². The largest absolute Gasteiger partial charge is 0.489 e. The second-order valence-electron chi connectivity index (χ2n) is 8.60. The van der Waals surface area contributed by atoms with Gasteiger partial charge in [0.1, 0.15) is 28.5 Å². The van der Waals surface area contributed by atoms with E-state index in [9.17, 15) is 18.0 Å². The van der Waals surface area contributed by atoms with Crippen LogP contribution in [0.25, 0.3) is 5.65 Å². The first-order chi connectivity index (χ1) is 16.4. The van der Waals surface area contributed by atoms with E-state index in [2.05, 4.69) is 15.6 Å². The Balaban J connectivity index is 0.000000623. The Hall–Kier alpha value is -3.80. The lowest BCUT2D eigenvalue weighted by Crippen LogP contribution is -2.38. The summed E-state index contributed by atoms with van der Waals surface area (Å²) in [4.78, 5) is 26.1. The Labute approximate surface area is 204 Å². The van der Waals surface area contributed by atoms with Gasteiger partial charge >= 0.3 is 6.09 Å². The Bertz CT molecular complexity index is 1330. The molecule has 12 heteroatoms. The third-order valence-electron chi connectivity index (χ3n) is 4.73. The minimum Gasteiger partial charge on any atom is -0.489 e. The van der Waals surface area contributed by atoms with Gasteiger partial charge in [-0.3, -0.25) is 14.4 Å². The van der Waals surface area contributed by atoms with Crippen LogP contribution in [-0.4, -0.2) is 55.6 Å². The fourth-order valence-electron chi connectivity index (χ4n) is 3.12. The Morgan fingerprint density at radius 3 is 2.54 bits per heavy atom. The average molecular weight is 504 g/mol. The zero-order valence-electron chi connectivity index (χ0n) is 20.2. The molecule has 1 aliphatic heterocycles. The van der Waals surface area contributed by atoms with Gasteiger partial charge in [0.25, 0.3) is 10.0 Å². The number of pyridine rings is 1. The number of nitrogens with one attached hydrogen (secondary N) is 2. The van der Waals surface area contributed by atoms with Crippen molar-refractivity contribution < 1.29 is 27.5 Å². The van der Waals surface area contributed by atoms with Crippen molar-refractivity contribution in [1.82, 2.24) is 14.7 Å². The molecule has 4 rings (SSSR count). The van der Waals surface area contributed by atoms with Crippen LogP contribution < -0.4 is 19.7 Å². The number of fused-ring (bicyclic) bond motifs is 2. The van der Waals surface area contributed by atoms with E-state index < -0.39 is 21.7 Å². The molecule has 0 radical (unpaired) electrons. The summed E-state index contributed by atoms with van der Waals surface area (Å²) in [6, 6.07) is 8.00. The second kappa shape index (κ2) is 10.2. The number of nitrogens with zero attached hydrogens (tertiary/aromatic N) is 3. The maximum absolute atomic E-state index is 13.4. The fraction of sp³-hybridized carbons (Fsp3) is 0.348. The standard InChI is InChI=1S/C20H22N4O5S.C3H7NO/c1-20(2,3)29-19(25)22-14-4-6-17-16(12-14)24(10-11-28-17)30(26,27)15-5-7-18-21-8-9-23(18)13-15;1-3(5)4-2/h4-9,12-13H,10-11H2,1-3H3,(H,22,25);1-2H3,(H,4,5). The number of ether oxygens (including phenoxy) is 2. The fourth-order valence-corrected chi connectivity index (χ4v) is 4.58. The maximum Gasteiger partial charge on any atom is 0.412 e. The molecular weight excluding hydrogens is 474 g/mol. The van der Waals surface area contributed by atoms with Crippen LogP contribution >= 0.6 is 0 Å². The molecule has 0 aliphatic carbocycles. The number of rotatable bonds is 3. The Kier molecular flexibility index (Phi) is 7.54. The lowest BCUT2D eigenvalue weighted by atomic mass is 10.2.